The highest BCUT2D eigenvalue weighted by molar-refractivity contribution is 8.08. The summed E-state index contributed by atoms with van der Waals surface area (Å²) in [7, 11) is 1.23. The van der Waals surface area contributed by atoms with Crippen molar-refractivity contribution in [2.24, 2.45) is 22.4 Å². The van der Waals surface area contributed by atoms with E-state index in [1.165, 1.54) is 44.5 Å². The molecular weight excluding hydrogens is 768 g/mol. The zero-order valence-electron chi connectivity index (χ0n) is 32.6. The summed E-state index contributed by atoms with van der Waals surface area (Å²) in [5.41, 5.74) is 17.9. The highest BCUT2D eigenvalue weighted by atomic mass is 35.5. The van der Waals surface area contributed by atoms with E-state index < -0.39 is 40.8 Å². The number of hydrogen-bond donors (Lipinski definition) is 6. The number of carbonyl (C=O) groups excluding carboxylic acids is 3. The van der Waals surface area contributed by atoms with Crippen LogP contribution in [0.3, 0.4) is 0 Å². The first-order valence-electron chi connectivity index (χ1n) is 17.9. The number of nitrogens with two attached hydrogens (primary N) is 3. The maximum atomic E-state index is 13.7. The number of rotatable bonds is 22. The van der Waals surface area contributed by atoms with E-state index in [9.17, 15) is 24.3 Å². The second kappa shape index (κ2) is 23.0. The van der Waals surface area contributed by atoms with Crippen LogP contribution in [0.2, 0.25) is 0 Å². The number of unbranched alkanes of at least 4 members (excludes halogenated alkanes) is 2. The lowest BCUT2D eigenvalue weighted by Crippen LogP contribution is -2.71. The van der Waals surface area contributed by atoms with Gasteiger partial charge in [0.15, 0.2) is 24.7 Å². The molecule has 0 aromatic heterocycles. The summed E-state index contributed by atoms with van der Waals surface area (Å²) in [5, 5.41) is 19.2. The fourth-order valence-corrected chi connectivity index (χ4v) is 7.11. The number of oxime groups is 1. The molecule has 0 aromatic rings. The number of nitrogens with zero attached hydrogens (tertiary/aromatic N) is 3. The molecule has 0 aliphatic carbocycles. The first kappa shape index (κ1) is 47.0. The van der Waals surface area contributed by atoms with E-state index in [1.807, 2.05) is 36.9 Å². The van der Waals surface area contributed by atoms with E-state index in [0.29, 0.717) is 48.1 Å². The Balaban J connectivity index is 2.42. The van der Waals surface area contributed by atoms with Crippen molar-refractivity contribution in [1.29, 1.82) is 0 Å². The Hall–Kier alpha value is -4.19. The molecule has 0 bridgehead atoms. The number of methoxy groups -OCH3 is 1. The van der Waals surface area contributed by atoms with Crippen molar-refractivity contribution in [2.45, 2.75) is 90.7 Å². The zero-order valence-corrected chi connectivity index (χ0v) is 35.0. The summed E-state index contributed by atoms with van der Waals surface area (Å²) < 4.78 is 7.14. The molecular formula is C37H56ClN8O7S2+. The van der Waals surface area contributed by atoms with Gasteiger partial charge in [-0.2, -0.15) is 4.58 Å². The van der Waals surface area contributed by atoms with Gasteiger partial charge < -0.3 is 42.5 Å². The molecule has 1 unspecified atom stereocenters. The monoisotopic (exact) mass is 823 g/mol. The van der Waals surface area contributed by atoms with E-state index in [2.05, 4.69) is 28.8 Å². The summed E-state index contributed by atoms with van der Waals surface area (Å²) in [6.45, 7) is 11.6. The molecule has 2 amide bonds. The van der Waals surface area contributed by atoms with Crippen LogP contribution in [-0.4, -0.2) is 99.8 Å². The van der Waals surface area contributed by atoms with E-state index >= 15 is 0 Å². The number of aliphatic carboxylic acids is 1. The minimum atomic E-state index is -1.79. The Morgan fingerprint density at radius 2 is 1.87 bits per heavy atom. The largest absolute Gasteiger partial charge is 0.478 e. The highest BCUT2D eigenvalue weighted by Crippen LogP contribution is 2.41. The number of halogens is 1. The van der Waals surface area contributed by atoms with Gasteiger partial charge in [0.05, 0.1) is 16.5 Å². The first-order chi connectivity index (χ1) is 26.0. The topological polar surface area (TPSA) is 228 Å². The Morgan fingerprint density at radius 3 is 2.47 bits per heavy atom. The first-order valence-corrected chi connectivity index (χ1v) is 20.2. The fourth-order valence-electron chi connectivity index (χ4n) is 4.77. The normalized spacial score (nSPS) is 19.2. The predicted octanol–water partition coefficient (Wildman–Crippen LogP) is 3.93. The molecule has 2 aliphatic rings. The van der Waals surface area contributed by atoms with Crippen LogP contribution in [0.4, 0.5) is 0 Å². The molecule has 0 radical (unpaired) electrons. The van der Waals surface area contributed by atoms with Crippen LogP contribution in [0.25, 0.3) is 0 Å². The van der Waals surface area contributed by atoms with Crippen LogP contribution in [0.15, 0.2) is 73.3 Å². The molecule has 0 saturated carbocycles. The maximum Gasteiger partial charge on any atom is 0.355 e. The van der Waals surface area contributed by atoms with Crippen LogP contribution < -0.4 is 27.8 Å². The second-order valence-corrected chi connectivity index (χ2v) is 15.8. The molecule has 2 atom stereocenters. The fraction of sp³-hybridized carbons (Fsp3) is 0.514. The third-order valence-electron chi connectivity index (χ3n) is 8.05. The van der Waals surface area contributed by atoms with Gasteiger partial charge in [0, 0.05) is 23.6 Å². The van der Waals surface area contributed by atoms with E-state index in [4.69, 9.17) is 38.4 Å². The zero-order chi connectivity index (χ0) is 41.3. The Bertz CT molecular complexity index is 1680. The van der Waals surface area contributed by atoms with Gasteiger partial charge in [0.1, 0.15) is 22.8 Å². The lowest BCUT2D eigenvalue weighted by Gasteiger charge is -2.49. The van der Waals surface area contributed by atoms with Crippen molar-refractivity contribution in [2.75, 3.05) is 32.5 Å². The van der Waals surface area contributed by atoms with Gasteiger partial charge in [-0.3, -0.25) is 14.5 Å². The Morgan fingerprint density at radius 1 is 1.18 bits per heavy atom. The number of ether oxygens (including phenoxy) is 1. The number of thioether (sulfide) groups is 2. The quantitative estimate of drug-likeness (QED) is 0.0228. The van der Waals surface area contributed by atoms with Crippen molar-refractivity contribution in [3.8, 4) is 0 Å². The third-order valence-corrected chi connectivity index (χ3v) is 10.8. The van der Waals surface area contributed by atoms with Crippen molar-refractivity contribution in [1.82, 2.24) is 15.5 Å². The molecule has 1 saturated heterocycles. The number of allylic oxidation sites excluding steroid dienone is 5. The molecule has 2 aliphatic heterocycles. The minimum Gasteiger partial charge on any atom is -0.478 e. The number of β-lactam (4-membered cyclic amide) rings is 1. The molecule has 1 fully saturated rings. The third kappa shape index (κ3) is 13.8. The minimum absolute atomic E-state index is 0.0715. The standard InChI is InChI=1S/C37H55ClN8O7S2/c1-8-10-12-19-45(21-26(24(4)40)42-18-14-17-39)20-13-15-25-22-54-34-29(33(48)46(34)30(25)35(49)52-7)43-32(47)28(44-53-37(5,6)36(50)51)23(3)31(38)55-27(41)16-11-9-2/h12-13,15-16,19,21,29,34,40,42H,8-11,14,17-18,20,22,39,41H2,1-7H3,(H2,43,47,50,51)/p+1/b15-13+,19-12+,27-16+,31-23+,44-28-/t29-,34?/m1/s1. The molecule has 2 heterocycles. The maximum absolute atomic E-state index is 13.7. The van der Waals surface area contributed by atoms with Crippen LogP contribution in [0.1, 0.15) is 73.6 Å². The molecule has 0 spiro atoms. The summed E-state index contributed by atoms with van der Waals surface area (Å²) in [4.78, 5) is 58.8. The van der Waals surface area contributed by atoms with Gasteiger partial charge in [-0.1, -0.05) is 67.4 Å². The van der Waals surface area contributed by atoms with E-state index in [0.717, 1.165) is 43.1 Å². The Labute approximate surface area is 337 Å². The van der Waals surface area contributed by atoms with Gasteiger partial charge >= 0.3 is 11.9 Å². The second-order valence-electron chi connectivity index (χ2n) is 13.0. The number of carboxylic acids is 1. The number of fused-ring (bicyclic) bond motifs is 1. The molecule has 304 valence electrons. The van der Waals surface area contributed by atoms with Gasteiger partial charge in [-0.15, -0.1) is 11.8 Å². The number of carboxylic acid groups (broad SMARTS) is 1. The van der Waals surface area contributed by atoms with E-state index in [1.54, 1.807) is 12.2 Å². The van der Waals surface area contributed by atoms with Crippen LogP contribution in [0.5, 0.6) is 0 Å². The summed E-state index contributed by atoms with van der Waals surface area (Å²) in [5.74, 6) is -3.09. The van der Waals surface area contributed by atoms with Gasteiger partial charge in [-0.05, 0) is 71.2 Å². The molecule has 18 heteroatoms. The van der Waals surface area contributed by atoms with E-state index in [-0.39, 0.29) is 21.3 Å². The van der Waals surface area contributed by atoms with Gasteiger partial charge in [-0.25, -0.2) is 9.59 Å². The summed E-state index contributed by atoms with van der Waals surface area (Å²) in [6, 6.07) is -1.06. The average molecular weight is 824 g/mol. The number of nitrogens with one attached hydrogen (secondary N) is 2. The lowest BCUT2D eigenvalue weighted by atomic mass is 10.0. The van der Waals surface area contributed by atoms with Gasteiger partial charge in [0.25, 0.3) is 11.8 Å². The lowest BCUT2D eigenvalue weighted by molar-refractivity contribution is -0.440. The number of amides is 2. The predicted molar refractivity (Wildman–Crippen MR) is 221 cm³/mol. The molecule has 9 N–H and O–H groups in total. The number of hydrogen-bond acceptors (Lipinski definition) is 13. The summed E-state index contributed by atoms with van der Waals surface area (Å²) in [6.07, 6.45) is 15.6. The van der Waals surface area contributed by atoms with Crippen LogP contribution in [-0.2, 0) is 28.8 Å². The molecule has 0 aromatic carbocycles. The van der Waals surface area contributed by atoms with Crippen LogP contribution in [0, 0.1) is 0 Å². The highest BCUT2D eigenvalue weighted by Gasteiger charge is 2.54. The van der Waals surface area contributed by atoms with Gasteiger partial charge in [0.2, 0.25) is 5.60 Å². The number of esters is 1. The molecule has 15 nitrogen and oxygen atoms in total. The number of carbonyl (C=O) groups is 4. The summed E-state index contributed by atoms with van der Waals surface area (Å²) >= 11 is 8.90. The smallest absolute Gasteiger partial charge is 0.355 e. The SMILES string of the molecule is CCC/C=C/[N+](=C\C(NCCCN)=C(/C)N)C/C=C/C1=C(C(=O)OC)N2C(=O)[C@@H](NC(=O)C(=N\OC(C)(C)C(=O)O)/C(C)=C(\Cl)S/C(N)=C/CCC)C2SC1. The van der Waals surface area contributed by atoms with Crippen molar-refractivity contribution >= 4 is 70.8 Å². The molecule has 55 heavy (non-hydrogen) atoms. The van der Waals surface area contributed by atoms with Crippen LogP contribution >= 0.6 is 35.1 Å². The van der Waals surface area contributed by atoms with Crippen molar-refractivity contribution in [3.63, 3.8) is 0 Å². The van der Waals surface area contributed by atoms with Crippen molar-refractivity contribution in [3.05, 3.63) is 68.1 Å². The average Bonchev–Trinajstić information content (AvgIpc) is 3.14. The molecule has 2 rings (SSSR count). The van der Waals surface area contributed by atoms with Crippen molar-refractivity contribution < 1.29 is 38.4 Å². The Kier molecular flexibility index (Phi) is 19.6.